The molecule has 0 fully saturated rings. The number of anilines is 1. The van der Waals surface area contributed by atoms with Crippen LogP contribution in [0.5, 0.6) is 11.5 Å². The Hall–Kier alpha value is -3.49. The summed E-state index contributed by atoms with van der Waals surface area (Å²) in [5.41, 5.74) is 1.77. The van der Waals surface area contributed by atoms with E-state index < -0.39 is 12.9 Å². The highest BCUT2D eigenvalue weighted by molar-refractivity contribution is 7.79. The summed E-state index contributed by atoms with van der Waals surface area (Å²) in [5.74, 6) is 1.05. The fourth-order valence-electron chi connectivity index (χ4n) is 3.76. The third-order valence-corrected chi connectivity index (χ3v) is 8.75. The number of rotatable bonds is 8. The first-order valence-electron chi connectivity index (χ1n) is 10.4. The quantitative estimate of drug-likeness (QED) is 0.348. The molecule has 0 aliphatic carbocycles. The molecule has 4 aromatic carbocycles. The highest BCUT2D eigenvalue weighted by atomic mass is 31.2. The van der Waals surface area contributed by atoms with E-state index in [9.17, 15) is 0 Å². The second-order valence-electron chi connectivity index (χ2n) is 7.38. The average Bonchev–Trinajstić information content (AvgIpc) is 2.88. The average molecular weight is 443 g/mol. The molecule has 0 radical (unpaired) electrons. The van der Waals surface area contributed by atoms with Crippen LogP contribution in [0.3, 0.4) is 0 Å². The normalized spacial score (nSPS) is 12.1. The van der Waals surface area contributed by atoms with Crippen molar-refractivity contribution in [2.75, 3.05) is 19.5 Å². The maximum Gasteiger partial charge on any atom is 0.168 e. The number of nitrogens with one attached hydrogen (secondary N) is 1. The maximum atomic E-state index is 15.1. The molecule has 4 rings (SSSR count). The van der Waals surface area contributed by atoms with Gasteiger partial charge < -0.3 is 19.4 Å². The van der Waals surface area contributed by atoms with Gasteiger partial charge >= 0.3 is 0 Å². The van der Waals surface area contributed by atoms with Crippen LogP contribution in [0, 0.1) is 0 Å². The van der Waals surface area contributed by atoms with Crippen molar-refractivity contribution in [3.63, 3.8) is 0 Å². The van der Waals surface area contributed by atoms with Gasteiger partial charge in [-0.15, -0.1) is 0 Å². The lowest BCUT2D eigenvalue weighted by atomic mass is 10.2. The monoisotopic (exact) mass is 443 g/mol. The molecular weight excluding hydrogens is 417 g/mol. The first-order chi connectivity index (χ1) is 15.6. The van der Waals surface area contributed by atoms with Gasteiger partial charge in [0.1, 0.15) is 17.3 Å². The van der Waals surface area contributed by atoms with Crippen molar-refractivity contribution in [2.45, 2.75) is 5.78 Å². The van der Waals surface area contributed by atoms with E-state index in [2.05, 4.69) is 5.32 Å². The Labute approximate surface area is 189 Å². The molecule has 0 saturated heterocycles. The van der Waals surface area contributed by atoms with E-state index >= 15 is 4.57 Å². The van der Waals surface area contributed by atoms with E-state index in [4.69, 9.17) is 9.47 Å². The van der Waals surface area contributed by atoms with Crippen molar-refractivity contribution in [1.29, 1.82) is 0 Å². The minimum absolute atomic E-state index is 0.480. The zero-order chi connectivity index (χ0) is 22.4. The van der Waals surface area contributed by atoms with Crippen LogP contribution in [0.4, 0.5) is 5.69 Å². The summed E-state index contributed by atoms with van der Waals surface area (Å²) >= 11 is 0. The number of hydrogen-bond donors (Lipinski definition) is 1. The Morgan fingerprint density at radius 2 is 1.06 bits per heavy atom. The van der Waals surface area contributed by atoms with E-state index in [-0.39, 0.29) is 0 Å². The van der Waals surface area contributed by atoms with Gasteiger partial charge in [0, 0.05) is 16.3 Å². The van der Waals surface area contributed by atoms with Crippen molar-refractivity contribution in [3.8, 4) is 11.5 Å². The summed E-state index contributed by atoms with van der Waals surface area (Å²) in [6, 6.07) is 34.8. The molecule has 0 aliphatic rings. The molecule has 0 saturated carbocycles. The molecule has 0 aromatic heterocycles. The second kappa shape index (κ2) is 9.76. The van der Waals surface area contributed by atoms with Crippen molar-refractivity contribution in [2.24, 2.45) is 0 Å². The summed E-state index contributed by atoms with van der Waals surface area (Å²) in [4.78, 5) is 0. The molecular formula is C27H26NO3P. The van der Waals surface area contributed by atoms with Crippen LogP contribution in [-0.2, 0) is 4.57 Å². The molecule has 162 valence electrons. The highest BCUT2D eigenvalue weighted by Gasteiger charge is 2.38. The Balaban J connectivity index is 1.88. The van der Waals surface area contributed by atoms with E-state index in [1.807, 2.05) is 109 Å². The summed E-state index contributed by atoms with van der Waals surface area (Å²) in [6.07, 6.45) is 0. The third kappa shape index (κ3) is 4.42. The molecule has 4 nitrogen and oxygen atoms in total. The van der Waals surface area contributed by atoms with E-state index in [1.165, 1.54) is 0 Å². The standard InChI is InChI=1S/C27H26NO3P/c1-30-23-17-13-21(14-18-23)27(28-22-15-19-24(31-2)20-16-22)32(29,25-9-5-3-6-10-25)26-11-7-4-8-12-26/h3-20,27-28H,1-2H3. The van der Waals surface area contributed by atoms with Crippen molar-refractivity contribution >= 4 is 23.4 Å². The fourth-order valence-corrected chi connectivity index (χ4v) is 6.81. The molecule has 0 bridgehead atoms. The molecule has 1 atom stereocenters. The third-order valence-electron chi connectivity index (χ3n) is 5.47. The number of benzene rings is 4. The molecule has 0 spiro atoms. The minimum Gasteiger partial charge on any atom is -0.497 e. The van der Waals surface area contributed by atoms with E-state index in [0.29, 0.717) is 0 Å². The molecule has 32 heavy (non-hydrogen) atoms. The van der Waals surface area contributed by atoms with E-state index in [0.717, 1.165) is 33.4 Å². The first-order valence-corrected chi connectivity index (χ1v) is 12.2. The van der Waals surface area contributed by atoms with Crippen LogP contribution in [0.1, 0.15) is 11.3 Å². The molecule has 1 N–H and O–H groups in total. The van der Waals surface area contributed by atoms with Gasteiger partial charge in [0.25, 0.3) is 0 Å². The van der Waals surface area contributed by atoms with Crippen LogP contribution in [0.15, 0.2) is 109 Å². The molecule has 4 aromatic rings. The lowest BCUT2D eigenvalue weighted by molar-refractivity contribution is 0.414. The van der Waals surface area contributed by atoms with Crippen LogP contribution in [0.2, 0.25) is 0 Å². The zero-order valence-corrected chi connectivity index (χ0v) is 19.0. The fraction of sp³-hybridized carbons (Fsp3) is 0.111. The SMILES string of the molecule is COc1ccc(NC(c2ccc(OC)cc2)P(=O)(c2ccccc2)c2ccccc2)cc1. The van der Waals surface area contributed by atoms with Gasteiger partial charge in [-0.2, -0.15) is 0 Å². The lowest BCUT2D eigenvalue weighted by Gasteiger charge is -2.31. The van der Waals surface area contributed by atoms with Crippen LogP contribution in [0.25, 0.3) is 0 Å². The van der Waals surface area contributed by atoms with Crippen LogP contribution in [-0.4, -0.2) is 14.2 Å². The Kier molecular flexibility index (Phi) is 6.63. The predicted molar refractivity (Wildman–Crippen MR) is 132 cm³/mol. The van der Waals surface area contributed by atoms with Crippen LogP contribution >= 0.6 is 7.14 Å². The summed E-state index contributed by atoms with van der Waals surface area (Å²) < 4.78 is 25.7. The number of hydrogen-bond acceptors (Lipinski definition) is 4. The summed E-state index contributed by atoms with van der Waals surface area (Å²) in [7, 11) is 0.133. The summed E-state index contributed by atoms with van der Waals surface area (Å²) in [6.45, 7) is 0. The minimum atomic E-state index is -3.15. The van der Waals surface area contributed by atoms with Gasteiger partial charge in [0.15, 0.2) is 7.14 Å². The van der Waals surface area contributed by atoms with Gasteiger partial charge in [0.2, 0.25) is 0 Å². The maximum absolute atomic E-state index is 15.1. The molecule has 1 unspecified atom stereocenters. The number of ether oxygens (including phenoxy) is 2. The largest absolute Gasteiger partial charge is 0.497 e. The van der Waals surface area contributed by atoms with Crippen molar-refractivity contribution in [3.05, 3.63) is 115 Å². The smallest absolute Gasteiger partial charge is 0.168 e. The van der Waals surface area contributed by atoms with Crippen molar-refractivity contribution in [1.82, 2.24) is 0 Å². The Bertz CT molecular complexity index is 1130. The Morgan fingerprint density at radius 1 is 0.625 bits per heavy atom. The highest BCUT2D eigenvalue weighted by Crippen LogP contribution is 2.57. The topological polar surface area (TPSA) is 47.6 Å². The first kappa shape index (κ1) is 21.7. The van der Waals surface area contributed by atoms with Gasteiger partial charge in [-0.05, 0) is 42.0 Å². The van der Waals surface area contributed by atoms with Crippen molar-refractivity contribution < 1.29 is 14.0 Å². The van der Waals surface area contributed by atoms with Gasteiger partial charge in [-0.1, -0.05) is 72.8 Å². The van der Waals surface area contributed by atoms with Crippen LogP contribution < -0.4 is 25.4 Å². The van der Waals surface area contributed by atoms with Gasteiger partial charge in [0.05, 0.1) is 14.2 Å². The second-order valence-corrected chi connectivity index (χ2v) is 10.2. The molecule has 0 heterocycles. The predicted octanol–water partition coefficient (Wildman–Crippen LogP) is 5.83. The summed E-state index contributed by atoms with van der Waals surface area (Å²) in [5, 5.41) is 5.16. The van der Waals surface area contributed by atoms with Gasteiger partial charge in [-0.25, -0.2) is 0 Å². The lowest BCUT2D eigenvalue weighted by Crippen LogP contribution is -2.25. The van der Waals surface area contributed by atoms with Gasteiger partial charge in [-0.3, -0.25) is 0 Å². The Morgan fingerprint density at radius 3 is 1.50 bits per heavy atom. The number of methoxy groups -OCH3 is 2. The molecule has 5 heteroatoms. The van der Waals surface area contributed by atoms with E-state index in [1.54, 1.807) is 14.2 Å². The zero-order valence-electron chi connectivity index (χ0n) is 18.1. The molecule has 0 aliphatic heterocycles. The molecule has 0 amide bonds.